The third-order valence-electron chi connectivity index (χ3n) is 4.08. The minimum Gasteiger partial charge on any atom is -0.384 e. The minimum atomic E-state index is 0.160. The van der Waals surface area contributed by atoms with Crippen LogP contribution in [0, 0.1) is 12.3 Å². The van der Waals surface area contributed by atoms with E-state index in [4.69, 9.17) is 11.1 Å². The lowest BCUT2D eigenvalue weighted by atomic mass is 9.96. The average Bonchev–Trinajstić information content (AvgIpc) is 2.39. The maximum absolute atomic E-state index is 7.56. The molecule has 3 heteroatoms. The summed E-state index contributed by atoms with van der Waals surface area (Å²) in [5.41, 5.74) is 8.84. The Labute approximate surface area is 116 Å². The molecule has 0 aliphatic carbocycles. The van der Waals surface area contributed by atoms with Crippen molar-refractivity contribution in [3.63, 3.8) is 0 Å². The van der Waals surface area contributed by atoms with Crippen molar-refractivity contribution in [1.82, 2.24) is 0 Å². The zero-order chi connectivity index (χ0) is 13.8. The van der Waals surface area contributed by atoms with Crippen LogP contribution >= 0.6 is 0 Å². The molecule has 1 unspecified atom stereocenters. The highest BCUT2D eigenvalue weighted by molar-refractivity contribution is 5.96. The SMILES string of the molecule is CCCC1CCCCN1c1ccc(C(=N)N)c(C)c1. The molecule has 1 saturated heterocycles. The molecular formula is C16H25N3. The second-order valence-electron chi connectivity index (χ2n) is 5.54. The van der Waals surface area contributed by atoms with Crippen molar-refractivity contribution in [2.24, 2.45) is 5.73 Å². The number of hydrogen-bond donors (Lipinski definition) is 2. The first-order valence-electron chi connectivity index (χ1n) is 7.35. The number of nitrogen functional groups attached to an aromatic ring is 1. The summed E-state index contributed by atoms with van der Waals surface area (Å²) >= 11 is 0. The summed E-state index contributed by atoms with van der Waals surface area (Å²) in [6.07, 6.45) is 6.46. The number of anilines is 1. The van der Waals surface area contributed by atoms with Gasteiger partial charge >= 0.3 is 0 Å². The zero-order valence-corrected chi connectivity index (χ0v) is 12.1. The van der Waals surface area contributed by atoms with Crippen molar-refractivity contribution in [2.75, 3.05) is 11.4 Å². The minimum absolute atomic E-state index is 0.160. The van der Waals surface area contributed by atoms with Crippen LogP contribution in [-0.2, 0) is 0 Å². The highest BCUT2D eigenvalue weighted by Crippen LogP contribution is 2.28. The van der Waals surface area contributed by atoms with E-state index >= 15 is 0 Å². The van der Waals surface area contributed by atoms with E-state index in [0.717, 1.165) is 17.7 Å². The van der Waals surface area contributed by atoms with Gasteiger partial charge in [-0.3, -0.25) is 5.41 Å². The summed E-state index contributed by atoms with van der Waals surface area (Å²) in [6.45, 7) is 5.46. The molecule has 0 spiro atoms. The Kier molecular flexibility index (Phi) is 4.46. The maximum atomic E-state index is 7.56. The molecule has 3 N–H and O–H groups in total. The lowest BCUT2D eigenvalue weighted by Gasteiger charge is -2.38. The van der Waals surface area contributed by atoms with E-state index < -0.39 is 0 Å². The molecule has 104 valence electrons. The Hall–Kier alpha value is -1.51. The van der Waals surface area contributed by atoms with Crippen LogP contribution in [0.3, 0.4) is 0 Å². The predicted molar refractivity (Wildman–Crippen MR) is 82.1 cm³/mol. The van der Waals surface area contributed by atoms with E-state index in [9.17, 15) is 0 Å². The second kappa shape index (κ2) is 6.09. The van der Waals surface area contributed by atoms with Crippen LogP contribution in [0.4, 0.5) is 5.69 Å². The maximum Gasteiger partial charge on any atom is 0.123 e. The molecule has 0 bridgehead atoms. The van der Waals surface area contributed by atoms with Crippen LogP contribution in [0.5, 0.6) is 0 Å². The molecule has 1 fully saturated rings. The first kappa shape index (κ1) is 13.9. The molecular weight excluding hydrogens is 234 g/mol. The van der Waals surface area contributed by atoms with E-state index in [1.54, 1.807) is 0 Å². The quantitative estimate of drug-likeness (QED) is 0.643. The first-order valence-corrected chi connectivity index (χ1v) is 7.35. The van der Waals surface area contributed by atoms with Crippen LogP contribution in [0.15, 0.2) is 18.2 Å². The molecule has 1 heterocycles. The van der Waals surface area contributed by atoms with Crippen LogP contribution in [0.1, 0.15) is 50.2 Å². The summed E-state index contributed by atoms with van der Waals surface area (Å²) in [5, 5.41) is 7.56. The molecule has 3 nitrogen and oxygen atoms in total. The number of amidine groups is 1. The molecule has 0 saturated carbocycles. The molecule has 1 aromatic rings. The Morgan fingerprint density at radius 2 is 2.21 bits per heavy atom. The Morgan fingerprint density at radius 3 is 2.84 bits per heavy atom. The second-order valence-corrected chi connectivity index (χ2v) is 5.54. The van der Waals surface area contributed by atoms with Gasteiger partial charge in [0.05, 0.1) is 0 Å². The van der Waals surface area contributed by atoms with E-state index in [-0.39, 0.29) is 5.84 Å². The third-order valence-corrected chi connectivity index (χ3v) is 4.08. The predicted octanol–water partition coefficient (Wildman–Crippen LogP) is 3.44. The summed E-state index contributed by atoms with van der Waals surface area (Å²) in [5.74, 6) is 0.160. The van der Waals surface area contributed by atoms with E-state index in [1.807, 2.05) is 13.0 Å². The van der Waals surface area contributed by atoms with Gasteiger partial charge in [0, 0.05) is 23.8 Å². The number of nitrogens with one attached hydrogen (secondary N) is 1. The molecule has 2 rings (SSSR count). The van der Waals surface area contributed by atoms with Crippen LogP contribution < -0.4 is 10.6 Å². The fourth-order valence-electron chi connectivity index (χ4n) is 3.10. The van der Waals surface area contributed by atoms with Crippen LogP contribution in [0.2, 0.25) is 0 Å². The van der Waals surface area contributed by atoms with E-state index in [1.165, 1.54) is 37.8 Å². The van der Waals surface area contributed by atoms with Gasteiger partial charge in [0.1, 0.15) is 5.84 Å². The topological polar surface area (TPSA) is 53.1 Å². The van der Waals surface area contributed by atoms with Crippen molar-refractivity contribution in [3.05, 3.63) is 29.3 Å². The highest BCUT2D eigenvalue weighted by Gasteiger charge is 2.22. The zero-order valence-electron chi connectivity index (χ0n) is 12.1. The molecule has 1 aliphatic heterocycles. The number of nitrogens with two attached hydrogens (primary N) is 1. The van der Waals surface area contributed by atoms with Gasteiger partial charge < -0.3 is 10.6 Å². The Bertz CT molecular complexity index is 451. The first-order chi connectivity index (χ1) is 9.13. The summed E-state index contributed by atoms with van der Waals surface area (Å²) in [7, 11) is 0. The molecule has 1 atom stereocenters. The van der Waals surface area contributed by atoms with Crippen LogP contribution in [-0.4, -0.2) is 18.4 Å². The monoisotopic (exact) mass is 259 g/mol. The van der Waals surface area contributed by atoms with Crippen molar-refractivity contribution < 1.29 is 0 Å². The fraction of sp³-hybridized carbons (Fsp3) is 0.562. The molecule has 1 aliphatic rings. The van der Waals surface area contributed by atoms with Gasteiger partial charge in [0.2, 0.25) is 0 Å². The van der Waals surface area contributed by atoms with Gasteiger partial charge in [-0.05, 0) is 56.4 Å². The van der Waals surface area contributed by atoms with E-state index in [0.29, 0.717) is 6.04 Å². The molecule has 19 heavy (non-hydrogen) atoms. The van der Waals surface area contributed by atoms with Crippen LogP contribution in [0.25, 0.3) is 0 Å². The smallest absolute Gasteiger partial charge is 0.123 e. The molecule has 1 aromatic carbocycles. The number of aryl methyl sites for hydroxylation is 1. The van der Waals surface area contributed by atoms with Crippen molar-refractivity contribution in [1.29, 1.82) is 5.41 Å². The lowest BCUT2D eigenvalue weighted by Crippen LogP contribution is -2.39. The lowest BCUT2D eigenvalue weighted by molar-refractivity contribution is 0.435. The highest BCUT2D eigenvalue weighted by atomic mass is 15.2. The number of hydrogen-bond acceptors (Lipinski definition) is 2. The normalized spacial score (nSPS) is 19.5. The third kappa shape index (κ3) is 3.09. The average molecular weight is 259 g/mol. The van der Waals surface area contributed by atoms with Gasteiger partial charge in [0.25, 0.3) is 0 Å². The standard InChI is InChI=1S/C16H25N3/c1-3-6-13-7-4-5-10-19(13)14-8-9-15(16(17)18)12(2)11-14/h8-9,11,13H,3-7,10H2,1-2H3,(H3,17,18). The van der Waals surface area contributed by atoms with Crippen molar-refractivity contribution >= 4 is 11.5 Å². The molecule has 0 radical (unpaired) electrons. The largest absolute Gasteiger partial charge is 0.384 e. The van der Waals surface area contributed by atoms with Gasteiger partial charge in [-0.25, -0.2) is 0 Å². The van der Waals surface area contributed by atoms with Crippen molar-refractivity contribution in [2.45, 2.75) is 52.0 Å². The number of nitrogens with zero attached hydrogens (tertiary/aromatic N) is 1. The summed E-state index contributed by atoms with van der Waals surface area (Å²) in [4.78, 5) is 2.55. The summed E-state index contributed by atoms with van der Waals surface area (Å²) < 4.78 is 0. The van der Waals surface area contributed by atoms with Gasteiger partial charge in [-0.1, -0.05) is 13.3 Å². The van der Waals surface area contributed by atoms with Crippen molar-refractivity contribution in [3.8, 4) is 0 Å². The molecule has 0 amide bonds. The van der Waals surface area contributed by atoms with Gasteiger partial charge in [0.15, 0.2) is 0 Å². The van der Waals surface area contributed by atoms with E-state index in [2.05, 4.69) is 24.0 Å². The summed E-state index contributed by atoms with van der Waals surface area (Å²) in [6, 6.07) is 6.98. The Morgan fingerprint density at radius 1 is 1.42 bits per heavy atom. The number of benzene rings is 1. The van der Waals surface area contributed by atoms with Gasteiger partial charge in [-0.2, -0.15) is 0 Å². The Balaban J connectivity index is 2.24. The van der Waals surface area contributed by atoms with Gasteiger partial charge in [-0.15, -0.1) is 0 Å². The number of rotatable bonds is 4. The molecule has 0 aromatic heterocycles. The fourth-order valence-corrected chi connectivity index (χ4v) is 3.10. The number of piperidine rings is 1.